The molecule has 0 amide bonds. The van der Waals surface area contributed by atoms with Gasteiger partial charge in [-0.1, -0.05) is 11.6 Å². The molecule has 0 radical (unpaired) electrons. The topological polar surface area (TPSA) is 51.0 Å². The summed E-state index contributed by atoms with van der Waals surface area (Å²) in [6, 6.07) is 11.5. The maximum absolute atomic E-state index is 5.82. The van der Waals surface area contributed by atoms with Gasteiger partial charge in [0.05, 0.1) is 0 Å². The second kappa shape index (κ2) is 4.31. The van der Waals surface area contributed by atoms with Gasteiger partial charge in [-0.25, -0.2) is 4.98 Å². The maximum atomic E-state index is 5.82. The number of hydrogen-bond acceptors (Lipinski definition) is 4. The third-order valence-electron chi connectivity index (χ3n) is 2.49. The van der Waals surface area contributed by atoms with E-state index in [0.717, 1.165) is 11.4 Å². The van der Waals surface area contributed by atoms with Crippen LogP contribution in [0, 0.1) is 6.92 Å². The Labute approximate surface area is 109 Å². The van der Waals surface area contributed by atoms with Gasteiger partial charge in [-0.15, -0.1) is 0 Å². The van der Waals surface area contributed by atoms with Crippen LogP contribution in [0.3, 0.4) is 0 Å². The fourth-order valence-corrected chi connectivity index (χ4v) is 1.75. The molecule has 0 bridgehead atoms. The number of oxazole rings is 1. The molecule has 1 aromatic carbocycles. The van der Waals surface area contributed by atoms with E-state index in [0.29, 0.717) is 22.3 Å². The zero-order valence-corrected chi connectivity index (χ0v) is 10.4. The minimum absolute atomic E-state index is 0.422. The van der Waals surface area contributed by atoms with E-state index < -0.39 is 0 Å². The van der Waals surface area contributed by atoms with E-state index in [1.807, 2.05) is 31.2 Å². The van der Waals surface area contributed by atoms with Crippen molar-refractivity contribution in [1.82, 2.24) is 9.97 Å². The van der Waals surface area contributed by atoms with Crippen molar-refractivity contribution in [3.8, 4) is 0 Å². The van der Waals surface area contributed by atoms with Crippen LogP contribution in [0.15, 0.2) is 40.8 Å². The number of aromatic nitrogens is 2. The van der Waals surface area contributed by atoms with E-state index in [9.17, 15) is 0 Å². The van der Waals surface area contributed by atoms with Gasteiger partial charge < -0.3 is 9.73 Å². The first-order valence-electron chi connectivity index (χ1n) is 5.47. The van der Waals surface area contributed by atoms with Gasteiger partial charge in [0.15, 0.2) is 5.58 Å². The maximum Gasteiger partial charge on any atom is 0.301 e. The lowest BCUT2D eigenvalue weighted by Crippen LogP contribution is -1.89. The second-order valence-electron chi connectivity index (χ2n) is 3.93. The van der Waals surface area contributed by atoms with Crippen molar-refractivity contribution in [2.24, 2.45) is 0 Å². The smallest absolute Gasteiger partial charge is 0.301 e. The highest BCUT2D eigenvalue weighted by Gasteiger charge is 2.06. The van der Waals surface area contributed by atoms with Gasteiger partial charge in [-0.05, 0) is 43.3 Å². The van der Waals surface area contributed by atoms with Gasteiger partial charge in [0.25, 0.3) is 0 Å². The highest BCUT2D eigenvalue weighted by molar-refractivity contribution is 6.30. The number of nitrogens with zero attached hydrogens (tertiary/aromatic N) is 2. The largest absolute Gasteiger partial charge is 0.422 e. The molecule has 0 aliphatic heterocycles. The zero-order valence-electron chi connectivity index (χ0n) is 9.64. The molecule has 0 spiro atoms. The number of pyridine rings is 1. The van der Waals surface area contributed by atoms with E-state index >= 15 is 0 Å². The van der Waals surface area contributed by atoms with Gasteiger partial charge in [0.1, 0.15) is 0 Å². The van der Waals surface area contributed by atoms with Crippen molar-refractivity contribution >= 4 is 34.5 Å². The molecule has 90 valence electrons. The predicted octanol–water partition coefficient (Wildman–Crippen LogP) is 3.93. The first-order chi connectivity index (χ1) is 8.70. The summed E-state index contributed by atoms with van der Waals surface area (Å²) in [5, 5.41) is 3.75. The molecule has 3 aromatic rings. The molecular formula is C13H10ClN3O. The molecule has 0 aliphatic carbocycles. The monoisotopic (exact) mass is 259 g/mol. The molecule has 1 N–H and O–H groups in total. The molecular weight excluding hydrogens is 250 g/mol. The lowest BCUT2D eigenvalue weighted by atomic mass is 10.3. The quantitative estimate of drug-likeness (QED) is 0.758. The second-order valence-corrected chi connectivity index (χ2v) is 4.36. The molecule has 18 heavy (non-hydrogen) atoms. The Morgan fingerprint density at radius 3 is 2.61 bits per heavy atom. The average Bonchev–Trinajstić information content (AvgIpc) is 2.73. The van der Waals surface area contributed by atoms with Gasteiger partial charge in [0.2, 0.25) is 5.65 Å². The summed E-state index contributed by atoms with van der Waals surface area (Å²) in [5.41, 5.74) is 3.04. The number of benzene rings is 1. The first-order valence-corrected chi connectivity index (χ1v) is 5.85. The number of fused-ring (bicyclic) bond motifs is 1. The average molecular weight is 260 g/mol. The molecule has 2 heterocycles. The summed E-state index contributed by atoms with van der Waals surface area (Å²) < 4.78 is 5.54. The Kier molecular flexibility index (Phi) is 2.64. The van der Waals surface area contributed by atoms with Crippen molar-refractivity contribution in [1.29, 1.82) is 0 Å². The van der Waals surface area contributed by atoms with Gasteiger partial charge in [-0.3, -0.25) is 0 Å². The molecule has 0 unspecified atom stereocenters. The summed E-state index contributed by atoms with van der Waals surface area (Å²) in [6.07, 6.45) is 0. The van der Waals surface area contributed by atoms with Crippen LogP contribution in [0.2, 0.25) is 5.02 Å². The van der Waals surface area contributed by atoms with E-state index in [-0.39, 0.29) is 0 Å². The summed E-state index contributed by atoms with van der Waals surface area (Å²) >= 11 is 5.82. The van der Waals surface area contributed by atoms with Crippen LogP contribution in [0.1, 0.15) is 5.69 Å². The zero-order chi connectivity index (χ0) is 12.5. The van der Waals surface area contributed by atoms with Crippen molar-refractivity contribution in [2.75, 3.05) is 5.32 Å². The molecule has 0 saturated carbocycles. The lowest BCUT2D eigenvalue weighted by Gasteiger charge is -2.00. The fourth-order valence-electron chi connectivity index (χ4n) is 1.62. The van der Waals surface area contributed by atoms with Crippen LogP contribution in [0.5, 0.6) is 0 Å². The minimum atomic E-state index is 0.422. The van der Waals surface area contributed by atoms with Crippen molar-refractivity contribution < 1.29 is 4.42 Å². The van der Waals surface area contributed by atoms with E-state index in [1.165, 1.54) is 0 Å². The minimum Gasteiger partial charge on any atom is -0.422 e. The normalized spacial score (nSPS) is 10.8. The van der Waals surface area contributed by atoms with Crippen LogP contribution in [0.25, 0.3) is 11.2 Å². The third kappa shape index (κ3) is 2.15. The molecule has 0 atom stereocenters. The molecule has 2 aromatic heterocycles. The summed E-state index contributed by atoms with van der Waals surface area (Å²) in [7, 11) is 0. The summed E-state index contributed by atoms with van der Waals surface area (Å²) in [4.78, 5) is 8.56. The summed E-state index contributed by atoms with van der Waals surface area (Å²) in [6.45, 7) is 1.92. The Balaban J connectivity index is 1.92. The van der Waals surface area contributed by atoms with E-state index in [2.05, 4.69) is 15.3 Å². The van der Waals surface area contributed by atoms with Crippen LogP contribution < -0.4 is 5.32 Å². The SMILES string of the molecule is Cc1ccc2oc(Nc3ccc(Cl)cc3)nc2n1. The number of hydrogen-bond donors (Lipinski definition) is 1. The molecule has 5 heteroatoms. The van der Waals surface area contributed by atoms with Gasteiger partial charge in [-0.2, -0.15) is 4.98 Å². The lowest BCUT2D eigenvalue weighted by molar-refractivity contribution is 0.623. The summed E-state index contributed by atoms with van der Waals surface area (Å²) in [5.74, 6) is 0. The predicted molar refractivity (Wildman–Crippen MR) is 71.3 cm³/mol. The van der Waals surface area contributed by atoms with E-state index in [4.69, 9.17) is 16.0 Å². The Hall–Kier alpha value is -2.07. The number of anilines is 2. The van der Waals surface area contributed by atoms with Crippen molar-refractivity contribution in [3.63, 3.8) is 0 Å². The van der Waals surface area contributed by atoms with E-state index in [1.54, 1.807) is 12.1 Å². The van der Waals surface area contributed by atoms with Crippen molar-refractivity contribution in [2.45, 2.75) is 6.92 Å². The number of halogens is 1. The fraction of sp³-hybridized carbons (Fsp3) is 0.0769. The Bertz CT molecular complexity index is 691. The number of nitrogens with one attached hydrogen (secondary N) is 1. The molecule has 4 nitrogen and oxygen atoms in total. The Morgan fingerprint density at radius 1 is 1.06 bits per heavy atom. The van der Waals surface area contributed by atoms with Gasteiger partial charge in [0, 0.05) is 16.4 Å². The van der Waals surface area contributed by atoms with Crippen LogP contribution in [-0.4, -0.2) is 9.97 Å². The highest BCUT2D eigenvalue weighted by Crippen LogP contribution is 2.22. The molecule has 3 rings (SSSR count). The number of rotatable bonds is 2. The number of aryl methyl sites for hydroxylation is 1. The van der Waals surface area contributed by atoms with Crippen molar-refractivity contribution in [3.05, 3.63) is 47.1 Å². The van der Waals surface area contributed by atoms with Crippen LogP contribution in [0.4, 0.5) is 11.7 Å². The standard InChI is InChI=1S/C13H10ClN3O/c1-8-2-7-11-12(15-8)17-13(18-11)16-10-5-3-9(14)4-6-10/h2-7H,1H3,(H,15,16,17). The van der Waals surface area contributed by atoms with Gasteiger partial charge >= 0.3 is 6.01 Å². The Morgan fingerprint density at radius 2 is 1.83 bits per heavy atom. The first kappa shape index (κ1) is 11.0. The molecule has 0 saturated heterocycles. The third-order valence-corrected chi connectivity index (χ3v) is 2.74. The van der Waals surface area contributed by atoms with Crippen LogP contribution >= 0.6 is 11.6 Å². The van der Waals surface area contributed by atoms with Crippen LogP contribution in [-0.2, 0) is 0 Å². The molecule has 0 fully saturated rings. The molecule has 0 aliphatic rings. The highest BCUT2D eigenvalue weighted by atomic mass is 35.5.